The summed E-state index contributed by atoms with van der Waals surface area (Å²) in [7, 11) is 2.22. The molecule has 1 aliphatic heterocycles. The molecule has 0 aliphatic carbocycles. The third-order valence-electron chi connectivity index (χ3n) is 4.82. The van der Waals surface area contributed by atoms with Crippen LogP contribution in [0.25, 0.3) is 0 Å². The summed E-state index contributed by atoms with van der Waals surface area (Å²) < 4.78 is 0. The Morgan fingerprint density at radius 3 is 2.18 bits per heavy atom. The molecule has 0 bridgehead atoms. The van der Waals surface area contributed by atoms with Crippen molar-refractivity contribution in [1.29, 1.82) is 0 Å². The molecule has 0 saturated carbocycles. The molecule has 1 aromatic rings. The molecular weight excluding hydrogens is 292 g/mol. The summed E-state index contributed by atoms with van der Waals surface area (Å²) >= 11 is 6.04. The van der Waals surface area contributed by atoms with E-state index in [4.69, 9.17) is 11.6 Å². The summed E-state index contributed by atoms with van der Waals surface area (Å²) in [5.41, 5.74) is 1.46. The number of hydrogen-bond acceptors (Lipinski definition) is 2. The second kappa shape index (κ2) is 8.90. The number of benzene rings is 1. The van der Waals surface area contributed by atoms with Crippen LogP contribution < -0.4 is 0 Å². The molecular formula is C19H31ClN2. The van der Waals surface area contributed by atoms with E-state index in [0.29, 0.717) is 5.92 Å². The van der Waals surface area contributed by atoms with Crippen LogP contribution in [0.15, 0.2) is 24.3 Å². The van der Waals surface area contributed by atoms with Crippen LogP contribution in [0.1, 0.15) is 44.6 Å². The van der Waals surface area contributed by atoms with Gasteiger partial charge < -0.3 is 9.80 Å². The van der Waals surface area contributed by atoms with Crippen molar-refractivity contribution in [3.05, 3.63) is 34.9 Å². The molecule has 1 aromatic carbocycles. The molecule has 2 nitrogen and oxygen atoms in total. The van der Waals surface area contributed by atoms with Gasteiger partial charge >= 0.3 is 0 Å². The molecule has 0 aromatic heterocycles. The van der Waals surface area contributed by atoms with Crippen molar-refractivity contribution < 1.29 is 0 Å². The maximum Gasteiger partial charge on any atom is 0.0406 e. The summed E-state index contributed by atoms with van der Waals surface area (Å²) in [4.78, 5) is 5.05. The Balaban J connectivity index is 1.90. The molecule has 2 rings (SSSR count). The minimum absolute atomic E-state index is 0.666. The Morgan fingerprint density at radius 1 is 0.955 bits per heavy atom. The monoisotopic (exact) mass is 322 g/mol. The van der Waals surface area contributed by atoms with Gasteiger partial charge in [0, 0.05) is 31.2 Å². The van der Waals surface area contributed by atoms with E-state index in [2.05, 4.69) is 42.8 Å². The first-order valence-electron chi connectivity index (χ1n) is 8.71. The highest BCUT2D eigenvalue weighted by molar-refractivity contribution is 6.30. The van der Waals surface area contributed by atoms with E-state index in [1.807, 2.05) is 12.1 Å². The lowest BCUT2D eigenvalue weighted by molar-refractivity contribution is 0.149. The maximum atomic E-state index is 6.04. The highest BCUT2D eigenvalue weighted by Crippen LogP contribution is 2.28. The Morgan fingerprint density at radius 2 is 1.59 bits per heavy atom. The van der Waals surface area contributed by atoms with E-state index in [1.54, 1.807) is 0 Å². The van der Waals surface area contributed by atoms with Crippen molar-refractivity contribution in [2.75, 3.05) is 39.8 Å². The van der Waals surface area contributed by atoms with Gasteiger partial charge in [-0.1, -0.05) is 44.0 Å². The van der Waals surface area contributed by atoms with Crippen molar-refractivity contribution in [3.8, 4) is 0 Å². The van der Waals surface area contributed by atoms with Crippen LogP contribution in [-0.4, -0.2) is 49.6 Å². The quantitative estimate of drug-likeness (QED) is 0.729. The lowest BCUT2D eigenvalue weighted by Gasteiger charge is -2.33. The number of nitrogens with zero attached hydrogens (tertiary/aromatic N) is 2. The van der Waals surface area contributed by atoms with Crippen molar-refractivity contribution in [2.45, 2.75) is 39.0 Å². The van der Waals surface area contributed by atoms with Crippen molar-refractivity contribution in [1.82, 2.24) is 9.80 Å². The molecule has 1 fully saturated rings. The molecule has 22 heavy (non-hydrogen) atoms. The van der Waals surface area contributed by atoms with Crippen LogP contribution in [0.5, 0.6) is 0 Å². The standard InChI is InChI=1S/C19H31ClN2/c1-16(2)4-5-18(17-6-8-19(20)9-7-17)10-11-22-14-12-21(3)13-15-22/h6-9,16,18H,4-5,10-15H2,1-3H3. The lowest BCUT2D eigenvalue weighted by atomic mass is 9.88. The summed E-state index contributed by atoms with van der Waals surface area (Å²) in [6, 6.07) is 8.51. The largest absolute Gasteiger partial charge is 0.304 e. The van der Waals surface area contributed by atoms with Crippen LogP contribution in [0.4, 0.5) is 0 Å². The number of halogens is 1. The molecule has 3 heteroatoms. The zero-order chi connectivity index (χ0) is 15.9. The van der Waals surface area contributed by atoms with Crippen LogP contribution in [-0.2, 0) is 0 Å². The molecule has 0 spiro atoms. The van der Waals surface area contributed by atoms with Crippen LogP contribution in [0.3, 0.4) is 0 Å². The highest BCUT2D eigenvalue weighted by Gasteiger charge is 2.17. The zero-order valence-electron chi connectivity index (χ0n) is 14.4. The van der Waals surface area contributed by atoms with Gasteiger partial charge in [0.05, 0.1) is 0 Å². The number of likely N-dealkylation sites (N-methyl/N-ethyl adjacent to an activating group) is 1. The third-order valence-corrected chi connectivity index (χ3v) is 5.08. The Kier molecular flexibility index (Phi) is 7.20. The topological polar surface area (TPSA) is 6.48 Å². The summed E-state index contributed by atoms with van der Waals surface area (Å²) in [5, 5.41) is 0.838. The molecule has 0 N–H and O–H groups in total. The second-order valence-corrected chi connectivity index (χ2v) is 7.59. The molecule has 0 amide bonds. The van der Waals surface area contributed by atoms with E-state index in [9.17, 15) is 0 Å². The zero-order valence-corrected chi connectivity index (χ0v) is 15.1. The second-order valence-electron chi connectivity index (χ2n) is 7.15. The first-order chi connectivity index (χ1) is 10.5. The van der Waals surface area contributed by atoms with Gasteiger partial charge in [0.15, 0.2) is 0 Å². The smallest absolute Gasteiger partial charge is 0.0406 e. The van der Waals surface area contributed by atoms with Crippen molar-refractivity contribution in [3.63, 3.8) is 0 Å². The normalized spacial score (nSPS) is 18.8. The first kappa shape index (κ1) is 17.8. The number of hydrogen-bond donors (Lipinski definition) is 0. The van der Waals surface area contributed by atoms with Gasteiger partial charge in [0.2, 0.25) is 0 Å². The van der Waals surface area contributed by atoms with E-state index in [-0.39, 0.29) is 0 Å². The van der Waals surface area contributed by atoms with Gasteiger partial charge in [-0.2, -0.15) is 0 Å². The lowest BCUT2D eigenvalue weighted by Crippen LogP contribution is -2.44. The van der Waals surface area contributed by atoms with E-state index >= 15 is 0 Å². The van der Waals surface area contributed by atoms with Crippen LogP contribution in [0, 0.1) is 5.92 Å². The summed E-state index contributed by atoms with van der Waals surface area (Å²) in [6.45, 7) is 10.7. The molecule has 1 heterocycles. The highest BCUT2D eigenvalue weighted by atomic mass is 35.5. The molecule has 1 saturated heterocycles. The third kappa shape index (κ3) is 5.91. The van der Waals surface area contributed by atoms with Crippen molar-refractivity contribution >= 4 is 11.6 Å². The van der Waals surface area contributed by atoms with Crippen molar-refractivity contribution in [2.24, 2.45) is 5.92 Å². The Labute approximate surface area is 141 Å². The summed E-state index contributed by atoms with van der Waals surface area (Å²) in [6.07, 6.45) is 3.85. The van der Waals surface area contributed by atoms with Gasteiger partial charge in [0.25, 0.3) is 0 Å². The van der Waals surface area contributed by atoms with Gasteiger partial charge in [0.1, 0.15) is 0 Å². The fraction of sp³-hybridized carbons (Fsp3) is 0.684. The Hall–Kier alpha value is -0.570. The SMILES string of the molecule is CC(C)CCC(CCN1CCN(C)CC1)c1ccc(Cl)cc1. The van der Waals surface area contributed by atoms with Crippen LogP contribution in [0.2, 0.25) is 5.02 Å². The molecule has 0 radical (unpaired) electrons. The minimum atomic E-state index is 0.666. The predicted octanol–water partition coefficient (Wildman–Crippen LogP) is 4.50. The molecule has 1 unspecified atom stereocenters. The van der Waals surface area contributed by atoms with Gasteiger partial charge in [-0.05, 0) is 56.0 Å². The van der Waals surface area contributed by atoms with E-state index in [1.165, 1.54) is 57.5 Å². The van der Waals surface area contributed by atoms with Gasteiger partial charge in [-0.15, -0.1) is 0 Å². The minimum Gasteiger partial charge on any atom is -0.304 e. The first-order valence-corrected chi connectivity index (χ1v) is 9.08. The van der Waals surface area contributed by atoms with Gasteiger partial charge in [-0.25, -0.2) is 0 Å². The summed E-state index contributed by atoms with van der Waals surface area (Å²) in [5.74, 6) is 1.44. The molecule has 1 atom stereocenters. The predicted molar refractivity (Wildman–Crippen MR) is 96.8 cm³/mol. The Bertz CT molecular complexity index is 422. The number of rotatable bonds is 7. The number of piperazine rings is 1. The average molecular weight is 323 g/mol. The average Bonchev–Trinajstić information content (AvgIpc) is 2.50. The van der Waals surface area contributed by atoms with E-state index in [0.717, 1.165) is 10.9 Å². The van der Waals surface area contributed by atoms with E-state index < -0.39 is 0 Å². The van der Waals surface area contributed by atoms with Gasteiger partial charge in [-0.3, -0.25) is 0 Å². The maximum absolute atomic E-state index is 6.04. The molecule has 1 aliphatic rings. The fourth-order valence-corrected chi connectivity index (χ4v) is 3.28. The van der Waals surface area contributed by atoms with Crippen LogP contribution >= 0.6 is 11.6 Å². The molecule has 124 valence electrons. The fourth-order valence-electron chi connectivity index (χ4n) is 3.16.